The van der Waals surface area contributed by atoms with Crippen molar-refractivity contribution in [3.63, 3.8) is 0 Å². The highest BCUT2D eigenvalue weighted by Crippen LogP contribution is 2.46. The summed E-state index contributed by atoms with van der Waals surface area (Å²) in [6, 6.07) is 6.82. The van der Waals surface area contributed by atoms with Crippen molar-refractivity contribution < 1.29 is 4.79 Å². The molecule has 2 bridgehead atoms. The summed E-state index contributed by atoms with van der Waals surface area (Å²) in [6.45, 7) is 0. The summed E-state index contributed by atoms with van der Waals surface area (Å²) in [7, 11) is 0. The minimum absolute atomic E-state index is 0.369. The van der Waals surface area contributed by atoms with Crippen molar-refractivity contribution in [2.24, 2.45) is 11.8 Å². The van der Waals surface area contributed by atoms with Gasteiger partial charge in [0.2, 0.25) is 5.95 Å². The monoisotopic (exact) mass is 531 g/mol. The van der Waals surface area contributed by atoms with E-state index in [0.717, 1.165) is 68.3 Å². The molecule has 3 saturated carbocycles. The van der Waals surface area contributed by atoms with Gasteiger partial charge in [-0.2, -0.15) is 10.1 Å². The average Bonchev–Trinajstić information content (AvgIpc) is 3.29. The van der Waals surface area contributed by atoms with Crippen molar-refractivity contribution in [2.45, 2.75) is 133 Å². The Morgan fingerprint density at radius 1 is 0.872 bits per heavy atom. The maximum atomic E-state index is 13.0. The van der Waals surface area contributed by atoms with E-state index in [-0.39, 0.29) is 0 Å². The third kappa shape index (κ3) is 6.01. The predicted octanol–water partition coefficient (Wildman–Crippen LogP) is 6.33. The van der Waals surface area contributed by atoms with Gasteiger partial charge >= 0.3 is 0 Å². The van der Waals surface area contributed by atoms with Crippen LogP contribution >= 0.6 is 0 Å². The second-order valence-electron chi connectivity index (χ2n) is 13.3. The molecule has 0 aromatic carbocycles. The molecule has 2 unspecified atom stereocenters. The lowest BCUT2D eigenvalue weighted by atomic mass is 9.80. The van der Waals surface area contributed by atoms with Gasteiger partial charge in [0.05, 0.1) is 0 Å². The zero-order valence-corrected chi connectivity index (χ0v) is 23.3. The van der Waals surface area contributed by atoms with E-state index in [4.69, 9.17) is 4.98 Å². The second kappa shape index (κ2) is 11.2. The molecule has 39 heavy (non-hydrogen) atoms. The number of ketones is 1. The minimum Gasteiger partial charge on any atom is -0.351 e. The molecular weight excluding hydrogens is 486 g/mol. The summed E-state index contributed by atoms with van der Waals surface area (Å²) < 4.78 is 0. The van der Waals surface area contributed by atoms with Crippen LogP contribution in [0.4, 0.5) is 17.6 Å². The van der Waals surface area contributed by atoms with Crippen molar-refractivity contribution in [2.75, 3.05) is 10.6 Å². The molecule has 0 spiro atoms. The highest BCUT2D eigenvalue weighted by atomic mass is 16.1. The van der Waals surface area contributed by atoms with Crippen LogP contribution < -0.4 is 10.6 Å². The Kier molecular flexibility index (Phi) is 7.31. The highest BCUT2D eigenvalue weighted by Gasteiger charge is 2.47. The fraction of sp³-hybridized carbons (Fsp3) is 0.742. The molecule has 2 saturated heterocycles. The van der Waals surface area contributed by atoms with E-state index < -0.39 is 0 Å². The van der Waals surface area contributed by atoms with Crippen LogP contribution in [0.15, 0.2) is 18.3 Å². The van der Waals surface area contributed by atoms with E-state index >= 15 is 0 Å². The largest absolute Gasteiger partial charge is 0.351 e. The van der Waals surface area contributed by atoms with Crippen molar-refractivity contribution in [1.29, 1.82) is 0 Å². The third-order valence-electron chi connectivity index (χ3n) is 10.4. The number of hydrogen-bond donors (Lipinski definition) is 3. The Labute approximate surface area is 232 Å². The molecule has 2 aliphatic heterocycles. The van der Waals surface area contributed by atoms with Gasteiger partial charge in [0.1, 0.15) is 11.6 Å². The molecule has 5 aliphatic rings. The van der Waals surface area contributed by atoms with Crippen molar-refractivity contribution in [3.05, 3.63) is 24.0 Å². The third-order valence-corrected chi connectivity index (χ3v) is 10.4. The van der Waals surface area contributed by atoms with E-state index in [9.17, 15) is 4.79 Å². The number of anilines is 3. The van der Waals surface area contributed by atoms with Gasteiger partial charge in [-0.25, -0.2) is 4.98 Å². The maximum Gasteiger partial charge on any atom is 0.224 e. The van der Waals surface area contributed by atoms with Crippen molar-refractivity contribution >= 4 is 23.4 Å². The molecule has 8 nitrogen and oxygen atoms in total. The topological polar surface area (TPSA) is 98.8 Å². The number of carbonyl (C=O) groups excluding carboxylic acids is 1. The normalized spacial score (nSPS) is 31.4. The first-order valence-corrected chi connectivity index (χ1v) is 15.9. The predicted molar refractivity (Wildman–Crippen MR) is 153 cm³/mol. The van der Waals surface area contributed by atoms with Gasteiger partial charge in [-0.05, 0) is 95.0 Å². The van der Waals surface area contributed by atoms with Gasteiger partial charge in [0, 0.05) is 60.9 Å². The van der Waals surface area contributed by atoms with E-state index in [1.165, 1.54) is 69.9 Å². The second-order valence-corrected chi connectivity index (χ2v) is 13.3. The van der Waals surface area contributed by atoms with Gasteiger partial charge in [-0.15, -0.1) is 0 Å². The van der Waals surface area contributed by atoms with Crippen LogP contribution in [0.2, 0.25) is 0 Å². The van der Waals surface area contributed by atoms with Crippen LogP contribution in [0.1, 0.15) is 114 Å². The van der Waals surface area contributed by atoms with Crippen LogP contribution in [0.25, 0.3) is 0 Å². The Morgan fingerprint density at radius 2 is 1.59 bits per heavy atom. The molecule has 3 N–H and O–H groups in total. The number of piperidine rings is 1. The Balaban J connectivity index is 0.847. The van der Waals surface area contributed by atoms with Crippen LogP contribution in [0, 0.1) is 11.8 Å². The number of nitrogens with zero attached hydrogens (tertiary/aromatic N) is 4. The molecule has 3 aliphatic carbocycles. The number of hydrogen-bond acceptors (Lipinski definition) is 7. The van der Waals surface area contributed by atoms with Crippen LogP contribution in [-0.4, -0.2) is 55.0 Å². The highest BCUT2D eigenvalue weighted by molar-refractivity contribution is 5.79. The number of nitrogens with one attached hydrogen (secondary N) is 3. The Morgan fingerprint density at radius 3 is 2.33 bits per heavy atom. The Hall–Kier alpha value is -2.48. The number of aromatic amines is 1. The summed E-state index contributed by atoms with van der Waals surface area (Å²) in [5.74, 6) is 4.55. The molecule has 0 amide bonds. The summed E-state index contributed by atoms with van der Waals surface area (Å²) in [5, 5.41) is 14.5. The van der Waals surface area contributed by atoms with Gasteiger partial charge in [-0.3, -0.25) is 14.8 Å². The van der Waals surface area contributed by atoms with Crippen LogP contribution in [0.3, 0.4) is 0 Å². The summed E-state index contributed by atoms with van der Waals surface area (Å²) in [4.78, 5) is 25.0. The minimum atomic E-state index is 0.369. The molecule has 4 heterocycles. The number of H-pyrrole nitrogens is 1. The Bertz CT molecular complexity index is 1120. The van der Waals surface area contributed by atoms with Gasteiger partial charge in [-0.1, -0.05) is 12.8 Å². The molecule has 2 aromatic heterocycles. The first-order chi connectivity index (χ1) is 19.2. The van der Waals surface area contributed by atoms with Gasteiger partial charge < -0.3 is 10.6 Å². The molecule has 210 valence electrons. The van der Waals surface area contributed by atoms with E-state index in [0.29, 0.717) is 35.5 Å². The number of carbonyl (C=O) groups is 1. The van der Waals surface area contributed by atoms with Crippen molar-refractivity contribution in [1.82, 2.24) is 25.1 Å². The fourth-order valence-electron chi connectivity index (χ4n) is 8.36. The van der Waals surface area contributed by atoms with Crippen molar-refractivity contribution in [3.8, 4) is 0 Å². The lowest BCUT2D eigenvalue weighted by Crippen LogP contribution is -2.44. The quantitative estimate of drug-likeness (QED) is 0.330. The first-order valence-electron chi connectivity index (χ1n) is 15.9. The first kappa shape index (κ1) is 25.5. The zero-order chi connectivity index (χ0) is 26.2. The van der Waals surface area contributed by atoms with Gasteiger partial charge in [0.25, 0.3) is 0 Å². The lowest BCUT2D eigenvalue weighted by Gasteiger charge is -2.39. The molecule has 0 radical (unpaired) electrons. The molecular formula is C31H45N7O. The molecule has 7 rings (SSSR count). The smallest absolute Gasteiger partial charge is 0.224 e. The average molecular weight is 532 g/mol. The molecule has 8 heteroatoms. The fourth-order valence-corrected chi connectivity index (χ4v) is 8.36. The molecule has 2 atom stereocenters. The zero-order valence-electron chi connectivity index (χ0n) is 23.3. The van der Waals surface area contributed by atoms with Gasteiger partial charge in [0.15, 0.2) is 5.82 Å². The molecule has 2 aromatic rings. The number of aromatic nitrogens is 4. The molecule has 5 fully saturated rings. The number of rotatable bonds is 10. The summed E-state index contributed by atoms with van der Waals surface area (Å²) in [6.07, 6.45) is 21.0. The summed E-state index contributed by atoms with van der Waals surface area (Å²) >= 11 is 0. The lowest BCUT2D eigenvalue weighted by molar-refractivity contribution is -0.121. The maximum absolute atomic E-state index is 13.0. The van der Waals surface area contributed by atoms with E-state index in [1.54, 1.807) is 6.20 Å². The number of fused-ring (bicyclic) bond motifs is 2. The van der Waals surface area contributed by atoms with E-state index in [1.807, 2.05) is 6.07 Å². The summed E-state index contributed by atoms with van der Waals surface area (Å²) in [5.41, 5.74) is 1.23. The number of Topliss-reactive ketones (excluding diaryl/α,β-unsaturated/α-hetero) is 1. The van der Waals surface area contributed by atoms with Crippen LogP contribution in [0.5, 0.6) is 0 Å². The van der Waals surface area contributed by atoms with E-state index in [2.05, 4.69) is 36.8 Å². The van der Waals surface area contributed by atoms with Crippen LogP contribution in [-0.2, 0) is 4.79 Å². The SMILES string of the molecule is O=C(CC1CCC(Nc2nccc(Nc3cc(C4CCCC4)[nH]n3)n2)CC1)CC1CC2CCC(C1)N2C1CC1. The standard InChI is InChI=1S/C31H45N7O/c39-27(18-21-15-25-11-12-26(16-21)38(25)24-9-10-24)17-20-5-7-23(8-6-20)33-31-32-14-13-29(35-31)34-30-19-28(36-37-30)22-3-1-2-4-22/h13-14,19-26H,1-12,15-18H2,(H3,32,33,34,35,36,37).